The molecule has 1 amide bonds. The lowest BCUT2D eigenvalue weighted by molar-refractivity contribution is -0.143. The van der Waals surface area contributed by atoms with E-state index in [1.165, 1.54) is 5.56 Å². The van der Waals surface area contributed by atoms with E-state index in [1.54, 1.807) is 14.2 Å². The molecule has 2 aliphatic rings. The number of rotatable bonds is 9. The van der Waals surface area contributed by atoms with Gasteiger partial charge in [0.05, 0.1) is 44.4 Å². The smallest absolute Gasteiger partial charge is 0.307 e. The van der Waals surface area contributed by atoms with Crippen molar-refractivity contribution in [2.45, 2.75) is 38.9 Å². The second-order valence-electron chi connectivity index (χ2n) is 12.4. The highest BCUT2D eigenvalue weighted by Gasteiger charge is 2.41. The molecule has 2 heterocycles. The highest BCUT2D eigenvalue weighted by Crippen LogP contribution is 2.51. The normalized spacial score (nSPS) is 13.2. The van der Waals surface area contributed by atoms with Crippen LogP contribution in [0, 0.1) is 0 Å². The van der Waals surface area contributed by atoms with Crippen molar-refractivity contribution in [1.82, 2.24) is 9.47 Å². The number of carbonyl (C=O) groups is 2. The third-order valence-corrected chi connectivity index (χ3v) is 9.89. The highest BCUT2D eigenvalue weighted by atomic mass is 16.5. The summed E-state index contributed by atoms with van der Waals surface area (Å²) in [6.45, 7) is 3.11. The molecule has 0 spiro atoms. The first-order valence-corrected chi connectivity index (χ1v) is 16.4. The van der Waals surface area contributed by atoms with E-state index in [-0.39, 0.29) is 24.3 Å². The maximum atomic E-state index is 15.1. The zero-order valence-corrected chi connectivity index (χ0v) is 27.3. The summed E-state index contributed by atoms with van der Waals surface area (Å²) in [7, 11) is 3.31. The maximum absolute atomic E-state index is 15.1. The maximum Gasteiger partial charge on any atom is 0.307 e. The second-order valence-corrected chi connectivity index (χ2v) is 12.4. The Morgan fingerprint density at radius 1 is 0.792 bits per heavy atom. The average molecular weight is 637 g/mol. The molecule has 8 rings (SSSR count). The number of fused-ring (bicyclic) bond motifs is 10. The number of ether oxygens (including phenoxy) is 3. The van der Waals surface area contributed by atoms with Crippen LogP contribution in [-0.2, 0) is 29.0 Å². The molecule has 5 aromatic carbocycles. The molecule has 1 aliphatic carbocycles. The van der Waals surface area contributed by atoms with Crippen LogP contribution in [0.4, 0.5) is 0 Å². The molecule has 1 aliphatic heterocycles. The second kappa shape index (κ2) is 11.9. The molecule has 6 aromatic rings. The summed E-state index contributed by atoms with van der Waals surface area (Å²) >= 11 is 0. The monoisotopic (exact) mass is 636 g/mol. The predicted octanol–water partition coefficient (Wildman–Crippen LogP) is 8.08. The number of amides is 1. The number of esters is 1. The minimum Gasteiger partial charge on any atom is -0.497 e. The van der Waals surface area contributed by atoms with Crippen LogP contribution >= 0.6 is 0 Å². The van der Waals surface area contributed by atoms with Gasteiger partial charge in [0.25, 0.3) is 5.91 Å². The van der Waals surface area contributed by atoms with Gasteiger partial charge in [-0.3, -0.25) is 9.59 Å². The van der Waals surface area contributed by atoms with Gasteiger partial charge < -0.3 is 23.7 Å². The van der Waals surface area contributed by atoms with Gasteiger partial charge in [-0.2, -0.15) is 0 Å². The Bertz CT molecular complexity index is 2170. The van der Waals surface area contributed by atoms with E-state index < -0.39 is 0 Å². The van der Waals surface area contributed by atoms with Crippen LogP contribution in [0.1, 0.15) is 57.6 Å². The summed E-state index contributed by atoms with van der Waals surface area (Å²) < 4.78 is 18.6. The molecule has 0 unspecified atom stereocenters. The molecule has 48 heavy (non-hydrogen) atoms. The van der Waals surface area contributed by atoms with Gasteiger partial charge in [0, 0.05) is 41.4 Å². The number of carbonyl (C=O) groups excluding carboxylic acids is 2. The largest absolute Gasteiger partial charge is 0.497 e. The number of aryl methyl sites for hydroxylation is 1. The standard InChI is InChI=1S/C41H36N2O5/c1-4-48-35(44)21-22-42-34-12-8-7-11-31(34)37-33-24-43(41(45)38(33)36-30-10-6-5-9-27(30)23-32(36)40(37)42)39(25-13-17-28(46-2)18-14-25)26-15-19-29(47-3)20-16-26/h5-20,39H,4,21-24H2,1-3H3. The van der Waals surface area contributed by atoms with Crippen LogP contribution in [0.2, 0.25) is 0 Å². The van der Waals surface area contributed by atoms with Crippen molar-refractivity contribution in [1.29, 1.82) is 0 Å². The number of nitrogens with zero attached hydrogens (tertiary/aromatic N) is 2. The molecule has 0 atom stereocenters. The average Bonchev–Trinajstić information content (AvgIpc) is 3.77. The van der Waals surface area contributed by atoms with E-state index in [1.807, 2.05) is 66.4 Å². The summed E-state index contributed by atoms with van der Waals surface area (Å²) in [6.07, 6.45) is 0.987. The molecule has 0 fully saturated rings. The van der Waals surface area contributed by atoms with E-state index in [9.17, 15) is 4.79 Å². The quantitative estimate of drug-likeness (QED) is 0.150. The Morgan fingerprint density at radius 2 is 1.44 bits per heavy atom. The predicted molar refractivity (Wildman–Crippen MR) is 187 cm³/mol. The van der Waals surface area contributed by atoms with E-state index in [2.05, 4.69) is 47.0 Å². The van der Waals surface area contributed by atoms with Gasteiger partial charge in [0.2, 0.25) is 0 Å². The van der Waals surface area contributed by atoms with Crippen molar-refractivity contribution in [3.8, 4) is 22.6 Å². The molecule has 7 nitrogen and oxygen atoms in total. The first-order chi connectivity index (χ1) is 23.5. The molecule has 1 aromatic heterocycles. The Morgan fingerprint density at radius 3 is 2.10 bits per heavy atom. The Hall–Kier alpha value is -5.56. The number of hydrogen-bond donors (Lipinski definition) is 0. The first kappa shape index (κ1) is 29.8. The van der Waals surface area contributed by atoms with Crippen LogP contribution in [0.15, 0.2) is 97.1 Å². The Labute approximate surface area is 279 Å². The Kier molecular flexibility index (Phi) is 7.40. The summed E-state index contributed by atoms with van der Waals surface area (Å²) in [5.74, 6) is 1.32. The summed E-state index contributed by atoms with van der Waals surface area (Å²) in [6, 6.07) is 32.4. The Balaban J connectivity index is 1.37. The van der Waals surface area contributed by atoms with Crippen molar-refractivity contribution in [2.75, 3.05) is 20.8 Å². The molecule has 0 saturated heterocycles. The van der Waals surface area contributed by atoms with Gasteiger partial charge in [0.15, 0.2) is 0 Å². The highest BCUT2D eigenvalue weighted by molar-refractivity contribution is 6.20. The molecule has 0 saturated carbocycles. The summed E-state index contributed by atoms with van der Waals surface area (Å²) in [4.78, 5) is 29.7. The van der Waals surface area contributed by atoms with Gasteiger partial charge in [-0.15, -0.1) is 0 Å². The minimum absolute atomic E-state index is 0.0137. The van der Waals surface area contributed by atoms with Crippen LogP contribution in [0.3, 0.4) is 0 Å². The molecule has 0 bridgehead atoms. The van der Waals surface area contributed by atoms with Gasteiger partial charge in [0.1, 0.15) is 11.5 Å². The number of methoxy groups -OCH3 is 2. The van der Waals surface area contributed by atoms with Crippen molar-refractivity contribution in [3.63, 3.8) is 0 Å². The topological polar surface area (TPSA) is 70.0 Å². The van der Waals surface area contributed by atoms with Crippen LogP contribution in [0.5, 0.6) is 11.5 Å². The summed E-state index contributed by atoms with van der Waals surface area (Å²) in [5, 5.41) is 2.18. The van der Waals surface area contributed by atoms with E-state index >= 15 is 4.79 Å². The first-order valence-electron chi connectivity index (χ1n) is 16.4. The van der Waals surface area contributed by atoms with Crippen LogP contribution in [-0.4, -0.2) is 42.2 Å². The van der Waals surface area contributed by atoms with Crippen molar-refractivity contribution in [2.24, 2.45) is 0 Å². The molecule has 0 N–H and O–H groups in total. The zero-order valence-electron chi connectivity index (χ0n) is 27.3. The van der Waals surface area contributed by atoms with E-state index in [0.717, 1.165) is 78.7 Å². The van der Waals surface area contributed by atoms with Gasteiger partial charge in [-0.1, -0.05) is 66.7 Å². The van der Waals surface area contributed by atoms with Gasteiger partial charge in [-0.25, -0.2) is 0 Å². The van der Waals surface area contributed by atoms with Gasteiger partial charge in [-0.05, 0) is 70.6 Å². The lowest BCUT2D eigenvalue weighted by Crippen LogP contribution is -2.30. The van der Waals surface area contributed by atoms with Crippen molar-refractivity contribution < 1.29 is 23.8 Å². The third-order valence-electron chi connectivity index (χ3n) is 9.89. The molecular weight excluding hydrogens is 600 g/mol. The number of aromatic nitrogens is 1. The fourth-order valence-electron chi connectivity index (χ4n) is 7.83. The lowest BCUT2D eigenvalue weighted by Gasteiger charge is -2.29. The number of para-hydroxylation sites is 1. The van der Waals surface area contributed by atoms with E-state index in [4.69, 9.17) is 14.2 Å². The SMILES string of the molecule is CCOC(=O)CCn1c2ccccc2c2c3c(c4c(c21)Cc1ccccc1-4)C(=O)N(C(c1ccc(OC)cc1)c1ccc(OC)cc1)C3. The van der Waals surface area contributed by atoms with Gasteiger partial charge >= 0.3 is 5.97 Å². The lowest BCUT2D eigenvalue weighted by atomic mass is 9.92. The zero-order chi connectivity index (χ0) is 32.9. The summed E-state index contributed by atoms with van der Waals surface area (Å²) in [5.41, 5.74) is 10.4. The van der Waals surface area contributed by atoms with Crippen molar-refractivity contribution >= 4 is 33.7 Å². The molecule has 0 radical (unpaired) electrons. The fourth-order valence-corrected chi connectivity index (χ4v) is 7.83. The minimum atomic E-state index is -0.346. The van der Waals surface area contributed by atoms with Crippen molar-refractivity contribution in [3.05, 3.63) is 130 Å². The number of hydrogen-bond acceptors (Lipinski definition) is 5. The van der Waals surface area contributed by atoms with Crippen LogP contribution in [0.25, 0.3) is 32.9 Å². The van der Waals surface area contributed by atoms with E-state index in [0.29, 0.717) is 19.7 Å². The fraction of sp³-hybridized carbons (Fsp3) is 0.220. The molecule has 7 heteroatoms. The number of benzene rings is 5. The third kappa shape index (κ3) is 4.64. The molecular formula is C41H36N2O5. The van der Waals surface area contributed by atoms with Crippen LogP contribution < -0.4 is 9.47 Å². The molecule has 240 valence electrons.